The van der Waals surface area contributed by atoms with E-state index in [0.717, 1.165) is 18.0 Å². The Morgan fingerprint density at radius 1 is 1.37 bits per heavy atom. The van der Waals surface area contributed by atoms with Gasteiger partial charge in [0, 0.05) is 11.4 Å². The van der Waals surface area contributed by atoms with Gasteiger partial charge in [-0.05, 0) is 31.6 Å². The van der Waals surface area contributed by atoms with E-state index in [4.69, 9.17) is 0 Å². The summed E-state index contributed by atoms with van der Waals surface area (Å²) in [6.45, 7) is 0.550. The molecule has 3 unspecified atom stereocenters. The van der Waals surface area contributed by atoms with Crippen LogP contribution in [0.3, 0.4) is 0 Å². The van der Waals surface area contributed by atoms with Crippen LogP contribution in [0.15, 0.2) is 10.9 Å². The van der Waals surface area contributed by atoms with Crippen LogP contribution >= 0.6 is 11.3 Å². The third-order valence-electron chi connectivity index (χ3n) is 4.39. The molecule has 2 N–H and O–H groups in total. The third-order valence-corrected chi connectivity index (χ3v) is 5.03. The van der Waals surface area contributed by atoms with Crippen LogP contribution in [0.25, 0.3) is 0 Å². The first kappa shape index (κ1) is 13.1. The lowest BCUT2D eigenvalue weighted by Gasteiger charge is -2.39. The predicted octanol–water partition coefficient (Wildman–Crippen LogP) is 2.07. The number of nitrogens with one attached hydrogen (secondary N) is 2. The lowest BCUT2D eigenvalue weighted by atomic mass is 9.77. The average Bonchev–Trinajstić information content (AvgIpc) is 2.97. The van der Waals surface area contributed by atoms with Crippen LogP contribution in [0.1, 0.15) is 44.2 Å². The Morgan fingerprint density at radius 3 is 3.11 bits per heavy atom. The van der Waals surface area contributed by atoms with E-state index in [1.807, 2.05) is 5.38 Å². The zero-order valence-electron chi connectivity index (χ0n) is 11.1. The molecule has 0 radical (unpaired) electrons. The second kappa shape index (κ2) is 6.01. The van der Waals surface area contributed by atoms with E-state index in [1.165, 1.54) is 32.1 Å². The highest BCUT2D eigenvalue weighted by molar-refractivity contribution is 7.07. The molecule has 1 aliphatic carbocycles. The lowest BCUT2D eigenvalue weighted by Crippen LogP contribution is -2.54. The Labute approximate surface area is 118 Å². The van der Waals surface area contributed by atoms with Crippen LogP contribution < -0.4 is 10.6 Å². The molecule has 2 heterocycles. The molecule has 0 aromatic carbocycles. The Morgan fingerprint density at radius 2 is 2.26 bits per heavy atom. The maximum atomic E-state index is 12.2. The highest BCUT2D eigenvalue weighted by Gasteiger charge is 2.34. The summed E-state index contributed by atoms with van der Waals surface area (Å²) in [5.41, 5.74) is 2.75. The first-order valence-electron chi connectivity index (χ1n) is 7.24. The highest BCUT2D eigenvalue weighted by Crippen LogP contribution is 2.32. The minimum Gasteiger partial charge on any atom is -0.349 e. The second-order valence-corrected chi connectivity index (χ2v) is 6.36. The Hall–Kier alpha value is -0.940. The minimum atomic E-state index is -0.00187. The van der Waals surface area contributed by atoms with Gasteiger partial charge < -0.3 is 10.6 Å². The standard InChI is InChI=1S/C14H21N3OS/c18-14(15-7-11-8-19-9-16-11)13-6-5-10-3-1-2-4-12(10)17-13/h8-10,12-13,17H,1-7H2,(H,15,18). The molecular formula is C14H21N3OS. The Balaban J connectivity index is 1.50. The molecule has 4 nitrogen and oxygen atoms in total. The van der Waals surface area contributed by atoms with Gasteiger partial charge in [0.05, 0.1) is 23.8 Å². The van der Waals surface area contributed by atoms with E-state index in [9.17, 15) is 4.79 Å². The van der Waals surface area contributed by atoms with E-state index in [-0.39, 0.29) is 11.9 Å². The summed E-state index contributed by atoms with van der Waals surface area (Å²) in [5.74, 6) is 0.938. The topological polar surface area (TPSA) is 54.0 Å². The molecule has 1 amide bonds. The summed E-state index contributed by atoms with van der Waals surface area (Å²) in [5, 5.41) is 8.53. The van der Waals surface area contributed by atoms with Gasteiger partial charge in [-0.2, -0.15) is 0 Å². The molecule has 1 aromatic heterocycles. The van der Waals surface area contributed by atoms with Gasteiger partial charge in [0.15, 0.2) is 0 Å². The van der Waals surface area contributed by atoms with Crippen molar-refractivity contribution in [3.8, 4) is 0 Å². The van der Waals surface area contributed by atoms with Gasteiger partial charge in [-0.15, -0.1) is 11.3 Å². The lowest BCUT2D eigenvalue weighted by molar-refractivity contribution is -0.124. The number of fused-ring (bicyclic) bond motifs is 1. The van der Waals surface area contributed by atoms with E-state index < -0.39 is 0 Å². The van der Waals surface area contributed by atoms with Crippen molar-refractivity contribution in [1.82, 2.24) is 15.6 Å². The van der Waals surface area contributed by atoms with Crippen LogP contribution in [0.5, 0.6) is 0 Å². The zero-order chi connectivity index (χ0) is 13.1. The molecule has 1 saturated carbocycles. The van der Waals surface area contributed by atoms with Crippen LogP contribution in [0.2, 0.25) is 0 Å². The molecular weight excluding hydrogens is 258 g/mol. The van der Waals surface area contributed by atoms with Crippen molar-refractivity contribution in [2.45, 2.75) is 57.2 Å². The number of hydrogen-bond donors (Lipinski definition) is 2. The normalized spacial score (nSPS) is 30.6. The minimum absolute atomic E-state index is 0.00187. The first-order valence-corrected chi connectivity index (χ1v) is 8.18. The number of thiazole rings is 1. The summed E-state index contributed by atoms with van der Waals surface area (Å²) in [4.78, 5) is 16.4. The largest absolute Gasteiger partial charge is 0.349 e. The van der Waals surface area contributed by atoms with Crippen LogP contribution in [-0.2, 0) is 11.3 Å². The smallest absolute Gasteiger partial charge is 0.237 e. The van der Waals surface area contributed by atoms with E-state index in [1.54, 1.807) is 16.8 Å². The van der Waals surface area contributed by atoms with Crippen molar-refractivity contribution in [2.24, 2.45) is 5.92 Å². The quantitative estimate of drug-likeness (QED) is 0.890. The number of amides is 1. The Bertz CT molecular complexity index is 420. The number of carbonyl (C=O) groups excluding carboxylic acids is 1. The second-order valence-electron chi connectivity index (χ2n) is 5.65. The van der Waals surface area contributed by atoms with E-state index in [2.05, 4.69) is 15.6 Å². The summed E-state index contributed by atoms with van der Waals surface area (Å²) >= 11 is 1.56. The molecule has 2 aliphatic rings. The fourth-order valence-electron chi connectivity index (χ4n) is 3.33. The molecule has 1 aromatic rings. The van der Waals surface area contributed by atoms with Gasteiger partial charge in [-0.25, -0.2) is 4.98 Å². The summed E-state index contributed by atoms with van der Waals surface area (Å²) < 4.78 is 0. The van der Waals surface area contributed by atoms with Gasteiger partial charge in [0.25, 0.3) is 0 Å². The van der Waals surface area contributed by atoms with Crippen molar-refractivity contribution in [3.63, 3.8) is 0 Å². The van der Waals surface area contributed by atoms with Gasteiger partial charge in [0.2, 0.25) is 5.91 Å². The fraction of sp³-hybridized carbons (Fsp3) is 0.714. The monoisotopic (exact) mass is 279 g/mol. The van der Waals surface area contributed by atoms with Crippen LogP contribution in [0, 0.1) is 5.92 Å². The molecule has 0 bridgehead atoms. The summed E-state index contributed by atoms with van der Waals surface area (Å²) in [7, 11) is 0. The Kier molecular flexibility index (Phi) is 4.13. The number of hydrogen-bond acceptors (Lipinski definition) is 4. The molecule has 3 atom stereocenters. The molecule has 0 spiro atoms. The molecule has 19 heavy (non-hydrogen) atoms. The summed E-state index contributed by atoms with van der Waals surface area (Å²) in [6, 6.07) is 0.565. The van der Waals surface area contributed by atoms with Gasteiger partial charge in [-0.1, -0.05) is 12.8 Å². The van der Waals surface area contributed by atoms with Crippen molar-refractivity contribution >= 4 is 17.2 Å². The maximum Gasteiger partial charge on any atom is 0.237 e. The number of carbonyl (C=O) groups is 1. The van der Waals surface area contributed by atoms with Crippen LogP contribution in [0.4, 0.5) is 0 Å². The summed E-state index contributed by atoms with van der Waals surface area (Å²) in [6.07, 6.45) is 7.42. The molecule has 1 saturated heterocycles. The zero-order valence-corrected chi connectivity index (χ0v) is 11.9. The van der Waals surface area contributed by atoms with Gasteiger partial charge in [0.1, 0.15) is 0 Å². The van der Waals surface area contributed by atoms with Gasteiger partial charge >= 0.3 is 0 Å². The number of nitrogens with zero attached hydrogens (tertiary/aromatic N) is 1. The SMILES string of the molecule is O=C(NCc1cscn1)C1CCC2CCCCC2N1. The molecule has 5 heteroatoms. The van der Waals surface area contributed by atoms with E-state index >= 15 is 0 Å². The van der Waals surface area contributed by atoms with Crippen LogP contribution in [-0.4, -0.2) is 23.0 Å². The first-order chi connectivity index (χ1) is 9.33. The third kappa shape index (κ3) is 3.15. The van der Waals surface area contributed by atoms with Gasteiger partial charge in [-0.3, -0.25) is 4.79 Å². The maximum absolute atomic E-state index is 12.2. The van der Waals surface area contributed by atoms with Crippen molar-refractivity contribution in [1.29, 1.82) is 0 Å². The van der Waals surface area contributed by atoms with Crippen molar-refractivity contribution in [2.75, 3.05) is 0 Å². The molecule has 104 valence electrons. The van der Waals surface area contributed by atoms with E-state index in [0.29, 0.717) is 12.6 Å². The fourth-order valence-corrected chi connectivity index (χ4v) is 3.89. The number of piperidine rings is 1. The molecule has 1 aliphatic heterocycles. The molecule has 3 rings (SSSR count). The van der Waals surface area contributed by atoms with Crippen molar-refractivity contribution in [3.05, 3.63) is 16.6 Å². The predicted molar refractivity (Wildman–Crippen MR) is 75.9 cm³/mol. The number of rotatable bonds is 3. The van der Waals surface area contributed by atoms with Crippen molar-refractivity contribution < 1.29 is 4.79 Å². The average molecular weight is 279 g/mol. The highest BCUT2D eigenvalue weighted by atomic mass is 32.1. The molecule has 2 fully saturated rings. The number of aromatic nitrogens is 1.